The molecule has 0 unspecified atom stereocenters. The molecule has 1 aromatic rings. The summed E-state index contributed by atoms with van der Waals surface area (Å²) in [6.07, 6.45) is 6.86. The minimum absolute atomic E-state index is 0.279. The maximum Gasteiger partial charge on any atom is 0.311 e. The summed E-state index contributed by atoms with van der Waals surface area (Å²) in [5.74, 6) is 0.776. The fourth-order valence-corrected chi connectivity index (χ4v) is 2.57. The summed E-state index contributed by atoms with van der Waals surface area (Å²) >= 11 is 0. The van der Waals surface area contributed by atoms with Crippen molar-refractivity contribution in [3.05, 3.63) is 24.3 Å². The number of benzene rings is 1. The van der Waals surface area contributed by atoms with E-state index in [4.69, 9.17) is 9.47 Å². The molecule has 0 N–H and O–H groups in total. The van der Waals surface area contributed by atoms with E-state index < -0.39 is 0 Å². The molecule has 0 bridgehead atoms. The van der Waals surface area contributed by atoms with E-state index in [1.165, 1.54) is 12.8 Å². The van der Waals surface area contributed by atoms with E-state index >= 15 is 0 Å². The van der Waals surface area contributed by atoms with Crippen LogP contribution in [0.15, 0.2) is 24.3 Å². The molecular weight excluding hydrogens is 304 g/mol. The van der Waals surface area contributed by atoms with Crippen molar-refractivity contribution in [3.63, 3.8) is 0 Å². The summed E-state index contributed by atoms with van der Waals surface area (Å²) in [7, 11) is 0. The highest BCUT2D eigenvalue weighted by atomic mass is 16.6. The molecule has 0 radical (unpaired) electrons. The van der Waals surface area contributed by atoms with Crippen LogP contribution >= 0.6 is 0 Å². The molecule has 1 rings (SSSR count). The molecular formula is C20H30O4. The normalized spacial score (nSPS) is 10.7. The van der Waals surface area contributed by atoms with Crippen molar-refractivity contribution in [2.24, 2.45) is 5.92 Å². The van der Waals surface area contributed by atoms with Crippen molar-refractivity contribution in [3.8, 4) is 11.5 Å². The van der Waals surface area contributed by atoms with Crippen molar-refractivity contribution in [2.75, 3.05) is 0 Å². The Kier molecular flexibility index (Phi) is 9.81. The van der Waals surface area contributed by atoms with E-state index in [9.17, 15) is 9.59 Å². The van der Waals surface area contributed by atoms with Gasteiger partial charge in [-0.3, -0.25) is 9.59 Å². The van der Waals surface area contributed by atoms with Crippen molar-refractivity contribution in [1.29, 1.82) is 0 Å². The van der Waals surface area contributed by atoms with Crippen LogP contribution in [0.3, 0.4) is 0 Å². The second-order valence-corrected chi connectivity index (χ2v) is 6.07. The highest BCUT2D eigenvalue weighted by Gasteiger charge is 2.13. The standard InChI is InChI=1S/C20H30O4/c1-4-11-19(21)23-17-13-8-9-14-18(17)24-20(22)15-10-7-12-16(5-2)6-3/h8-9,13-14,16H,4-7,10-12,15H2,1-3H3. The van der Waals surface area contributed by atoms with Gasteiger partial charge in [-0.2, -0.15) is 0 Å². The monoisotopic (exact) mass is 334 g/mol. The van der Waals surface area contributed by atoms with Crippen LogP contribution in [0, 0.1) is 5.92 Å². The first kappa shape index (κ1) is 20.2. The maximum absolute atomic E-state index is 12.0. The van der Waals surface area contributed by atoms with E-state index in [2.05, 4.69) is 13.8 Å². The number of carbonyl (C=O) groups is 2. The third-order valence-corrected chi connectivity index (χ3v) is 4.15. The molecule has 0 amide bonds. The van der Waals surface area contributed by atoms with Gasteiger partial charge in [-0.15, -0.1) is 0 Å². The predicted molar refractivity (Wildman–Crippen MR) is 95.2 cm³/mol. The van der Waals surface area contributed by atoms with Crippen LogP contribution in [0.25, 0.3) is 0 Å². The van der Waals surface area contributed by atoms with Gasteiger partial charge in [-0.25, -0.2) is 0 Å². The van der Waals surface area contributed by atoms with Crippen molar-refractivity contribution in [1.82, 2.24) is 0 Å². The summed E-state index contributed by atoms with van der Waals surface area (Å²) in [4.78, 5) is 23.6. The fourth-order valence-electron chi connectivity index (χ4n) is 2.57. The first-order valence-corrected chi connectivity index (χ1v) is 9.11. The van der Waals surface area contributed by atoms with Gasteiger partial charge in [0.1, 0.15) is 0 Å². The van der Waals surface area contributed by atoms with E-state index in [-0.39, 0.29) is 11.9 Å². The predicted octanol–water partition coefficient (Wildman–Crippen LogP) is 5.29. The van der Waals surface area contributed by atoms with E-state index in [0.717, 1.165) is 31.6 Å². The Labute approximate surface area is 145 Å². The van der Waals surface area contributed by atoms with E-state index in [1.807, 2.05) is 6.92 Å². The number of para-hydroxylation sites is 2. The van der Waals surface area contributed by atoms with Crippen LogP contribution in [-0.4, -0.2) is 11.9 Å². The molecule has 4 nitrogen and oxygen atoms in total. The summed E-state index contributed by atoms with van der Waals surface area (Å²) in [5, 5.41) is 0. The Bertz CT molecular complexity index is 506. The van der Waals surface area contributed by atoms with Crippen molar-refractivity contribution < 1.29 is 19.1 Å². The molecule has 0 saturated carbocycles. The van der Waals surface area contributed by atoms with Gasteiger partial charge in [-0.05, 0) is 30.9 Å². The number of esters is 2. The van der Waals surface area contributed by atoms with Crippen molar-refractivity contribution >= 4 is 11.9 Å². The second-order valence-electron chi connectivity index (χ2n) is 6.07. The van der Waals surface area contributed by atoms with Crippen LogP contribution in [0.1, 0.15) is 72.1 Å². The first-order chi connectivity index (χ1) is 11.6. The molecule has 134 valence electrons. The van der Waals surface area contributed by atoms with Gasteiger partial charge in [0.15, 0.2) is 11.5 Å². The number of rotatable bonds is 11. The summed E-state index contributed by atoms with van der Waals surface area (Å²) in [6, 6.07) is 6.80. The highest BCUT2D eigenvalue weighted by Crippen LogP contribution is 2.27. The Morgan fingerprint density at radius 1 is 0.875 bits per heavy atom. The summed E-state index contributed by atoms with van der Waals surface area (Å²) in [5.41, 5.74) is 0. The van der Waals surface area contributed by atoms with Gasteiger partial charge in [0.05, 0.1) is 0 Å². The Balaban J connectivity index is 2.45. The van der Waals surface area contributed by atoms with Gasteiger partial charge in [-0.1, -0.05) is 58.6 Å². The lowest BCUT2D eigenvalue weighted by molar-refractivity contribution is -0.137. The molecule has 0 heterocycles. The number of ether oxygens (including phenoxy) is 2. The number of hydrogen-bond donors (Lipinski definition) is 0. The average molecular weight is 334 g/mol. The molecule has 0 aromatic heterocycles. The van der Waals surface area contributed by atoms with Crippen molar-refractivity contribution in [2.45, 2.75) is 72.1 Å². The Hall–Kier alpha value is -1.84. The number of hydrogen-bond acceptors (Lipinski definition) is 4. The topological polar surface area (TPSA) is 52.6 Å². The molecule has 0 fully saturated rings. The minimum atomic E-state index is -0.314. The molecule has 0 saturated heterocycles. The number of carbonyl (C=O) groups excluding carboxylic acids is 2. The van der Waals surface area contributed by atoms with Crippen LogP contribution in [0.4, 0.5) is 0 Å². The van der Waals surface area contributed by atoms with Crippen LogP contribution in [0.5, 0.6) is 11.5 Å². The van der Waals surface area contributed by atoms with E-state index in [0.29, 0.717) is 24.3 Å². The molecule has 1 aromatic carbocycles. The smallest absolute Gasteiger partial charge is 0.311 e. The van der Waals surface area contributed by atoms with Gasteiger partial charge in [0, 0.05) is 12.8 Å². The van der Waals surface area contributed by atoms with Crippen LogP contribution in [0.2, 0.25) is 0 Å². The zero-order valence-corrected chi connectivity index (χ0v) is 15.2. The zero-order valence-electron chi connectivity index (χ0n) is 15.2. The van der Waals surface area contributed by atoms with Gasteiger partial charge >= 0.3 is 11.9 Å². The van der Waals surface area contributed by atoms with Crippen LogP contribution < -0.4 is 9.47 Å². The highest BCUT2D eigenvalue weighted by molar-refractivity contribution is 5.76. The summed E-state index contributed by atoms with van der Waals surface area (Å²) < 4.78 is 10.6. The third kappa shape index (κ3) is 7.62. The minimum Gasteiger partial charge on any atom is -0.423 e. The third-order valence-electron chi connectivity index (χ3n) is 4.15. The molecule has 0 aliphatic rings. The Morgan fingerprint density at radius 2 is 1.42 bits per heavy atom. The average Bonchev–Trinajstić information content (AvgIpc) is 2.57. The molecule has 4 heteroatoms. The van der Waals surface area contributed by atoms with Crippen LogP contribution in [-0.2, 0) is 9.59 Å². The first-order valence-electron chi connectivity index (χ1n) is 9.11. The molecule has 0 aliphatic heterocycles. The zero-order chi connectivity index (χ0) is 17.8. The Morgan fingerprint density at radius 3 is 1.92 bits per heavy atom. The summed E-state index contributed by atoms with van der Waals surface area (Å²) in [6.45, 7) is 6.33. The van der Waals surface area contributed by atoms with Gasteiger partial charge < -0.3 is 9.47 Å². The molecule has 0 aliphatic carbocycles. The van der Waals surface area contributed by atoms with E-state index in [1.54, 1.807) is 24.3 Å². The maximum atomic E-state index is 12.0. The molecule has 0 spiro atoms. The lowest BCUT2D eigenvalue weighted by atomic mass is 9.96. The molecule has 24 heavy (non-hydrogen) atoms. The number of unbranched alkanes of at least 4 members (excludes halogenated alkanes) is 1. The lowest BCUT2D eigenvalue weighted by Crippen LogP contribution is -2.11. The SMILES string of the molecule is CCCC(=O)Oc1ccccc1OC(=O)CCCCC(CC)CC. The second kappa shape index (κ2) is 11.7. The quantitative estimate of drug-likeness (QED) is 0.313. The molecule has 0 atom stereocenters. The fraction of sp³-hybridized carbons (Fsp3) is 0.600. The van der Waals surface area contributed by atoms with Gasteiger partial charge in [0.25, 0.3) is 0 Å². The van der Waals surface area contributed by atoms with Gasteiger partial charge in [0.2, 0.25) is 0 Å². The lowest BCUT2D eigenvalue weighted by Gasteiger charge is -2.12. The largest absolute Gasteiger partial charge is 0.423 e.